The highest BCUT2D eigenvalue weighted by molar-refractivity contribution is 9.10. The van der Waals surface area contributed by atoms with Crippen LogP contribution in [-0.2, 0) is 6.54 Å². The predicted molar refractivity (Wildman–Crippen MR) is 77.9 cm³/mol. The summed E-state index contributed by atoms with van der Waals surface area (Å²) in [6, 6.07) is 8.02. The van der Waals surface area contributed by atoms with E-state index in [2.05, 4.69) is 26.2 Å². The van der Waals surface area contributed by atoms with Crippen LogP contribution in [0.5, 0.6) is 11.6 Å². The van der Waals surface area contributed by atoms with Crippen LogP contribution in [-0.4, -0.2) is 17.0 Å². The molecule has 0 radical (unpaired) electrons. The number of pyridine rings is 1. The van der Waals surface area contributed by atoms with Crippen molar-refractivity contribution in [2.75, 3.05) is 7.05 Å². The molecule has 1 N–H and O–H groups in total. The van der Waals surface area contributed by atoms with E-state index in [1.165, 1.54) is 12.1 Å². The van der Waals surface area contributed by atoms with Crippen molar-refractivity contribution in [2.45, 2.75) is 6.54 Å². The normalized spacial score (nSPS) is 10.3. The van der Waals surface area contributed by atoms with Crippen LogP contribution in [0.2, 0.25) is 0 Å². The summed E-state index contributed by atoms with van der Waals surface area (Å²) in [5.74, 6) is 0.747. The molecule has 0 aliphatic heterocycles. The molecule has 0 bridgehead atoms. The molecule has 0 aliphatic carbocycles. The fraction of sp³-hybridized carbons (Fsp3) is 0.154. The number of hydrogen-bond donors (Lipinski definition) is 1. The zero-order valence-electron chi connectivity index (χ0n) is 10.7. The molecule has 0 amide bonds. The third-order valence-electron chi connectivity index (χ3n) is 2.47. The Morgan fingerprint density at radius 2 is 2.20 bits per heavy atom. The van der Waals surface area contributed by atoms with Gasteiger partial charge in [0.1, 0.15) is 5.75 Å². The lowest BCUT2D eigenvalue weighted by Crippen LogP contribution is -2.05. The van der Waals surface area contributed by atoms with Gasteiger partial charge < -0.3 is 10.1 Å². The molecule has 104 valence electrons. The van der Waals surface area contributed by atoms with E-state index in [1.807, 2.05) is 13.1 Å². The highest BCUT2D eigenvalue weighted by Gasteiger charge is 2.10. The van der Waals surface area contributed by atoms with Crippen LogP contribution in [0.1, 0.15) is 5.56 Å². The van der Waals surface area contributed by atoms with Crippen molar-refractivity contribution in [3.05, 3.63) is 56.7 Å². The van der Waals surface area contributed by atoms with Crippen molar-refractivity contribution in [2.24, 2.45) is 0 Å². The van der Waals surface area contributed by atoms with Gasteiger partial charge in [-0.1, -0.05) is 22.0 Å². The lowest BCUT2D eigenvalue weighted by Gasteiger charge is -2.06. The predicted octanol–water partition coefficient (Wildman–Crippen LogP) is 3.26. The van der Waals surface area contributed by atoms with Crippen molar-refractivity contribution < 1.29 is 9.66 Å². The van der Waals surface area contributed by atoms with Gasteiger partial charge in [0.05, 0.1) is 11.0 Å². The van der Waals surface area contributed by atoms with Crippen LogP contribution in [0.4, 0.5) is 5.69 Å². The molecule has 0 unspecified atom stereocenters. The molecule has 7 heteroatoms. The van der Waals surface area contributed by atoms with Gasteiger partial charge in [0.2, 0.25) is 5.88 Å². The molecule has 0 spiro atoms. The topological polar surface area (TPSA) is 77.3 Å². The SMILES string of the molecule is CNCc1ccc(Oc2cc(Br)cc([N+](=O)[O-])c2)nc1. The molecule has 0 aliphatic rings. The summed E-state index contributed by atoms with van der Waals surface area (Å²) < 4.78 is 6.09. The second kappa shape index (κ2) is 6.44. The Morgan fingerprint density at radius 3 is 2.80 bits per heavy atom. The molecule has 1 aromatic heterocycles. The van der Waals surface area contributed by atoms with Crippen molar-refractivity contribution in [1.29, 1.82) is 0 Å². The second-order valence-corrected chi connectivity index (χ2v) is 4.95. The maximum atomic E-state index is 10.8. The van der Waals surface area contributed by atoms with Gasteiger partial charge in [0.25, 0.3) is 5.69 Å². The number of nitrogens with zero attached hydrogens (tertiary/aromatic N) is 2. The molecule has 1 aromatic carbocycles. The molecule has 20 heavy (non-hydrogen) atoms. The largest absolute Gasteiger partial charge is 0.439 e. The van der Waals surface area contributed by atoms with Gasteiger partial charge in [-0.25, -0.2) is 4.98 Å². The smallest absolute Gasteiger partial charge is 0.274 e. The van der Waals surface area contributed by atoms with E-state index in [0.29, 0.717) is 16.1 Å². The Balaban J connectivity index is 2.19. The first-order valence-corrected chi connectivity index (χ1v) is 6.60. The van der Waals surface area contributed by atoms with E-state index >= 15 is 0 Å². The van der Waals surface area contributed by atoms with E-state index < -0.39 is 4.92 Å². The number of non-ortho nitro benzene ring substituents is 1. The number of nitrogens with one attached hydrogen (secondary N) is 1. The fourth-order valence-electron chi connectivity index (χ4n) is 1.61. The van der Waals surface area contributed by atoms with Gasteiger partial charge in [-0.15, -0.1) is 0 Å². The first-order chi connectivity index (χ1) is 9.58. The van der Waals surface area contributed by atoms with E-state index in [-0.39, 0.29) is 5.69 Å². The maximum Gasteiger partial charge on any atom is 0.274 e. The number of nitro groups is 1. The summed E-state index contributed by atoms with van der Waals surface area (Å²) in [7, 11) is 1.85. The van der Waals surface area contributed by atoms with Gasteiger partial charge in [-0.3, -0.25) is 10.1 Å². The maximum absolute atomic E-state index is 10.8. The van der Waals surface area contributed by atoms with Crippen molar-refractivity contribution in [1.82, 2.24) is 10.3 Å². The van der Waals surface area contributed by atoms with Gasteiger partial charge >= 0.3 is 0 Å². The quantitative estimate of drug-likeness (QED) is 0.669. The molecule has 0 saturated carbocycles. The number of hydrogen-bond acceptors (Lipinski definition) is 5. The Bertz CT molecular complexity index is 617. The molecule has 0 atom stereocenters. The first kappa shape index (κ1) is 14.4. The number of benzene rings is 1. The van der Waals surface area contributed by atoms with Crippen molar-refractivity contribution in [3.63, 3.8) is 0 Å². The zero-order valence-corrected chi connectivity index (χ0v) is 12.3. The lowest BCUT2D eigenvalue weighted by molar-refractivity contribution is -0.385. The van der Waals surface area contributed by atoms with Crippen molar-refractivity contribution in [3.8, 4) is 11.6 Å². The molecule has 2 aromatic rings. The third-order valence-corrected chi connectivity index (χ3v) is 2.93. The minimum absolute atomic E-state index is 0.0406. The highest BCUT2D eigenvalue weighted by atomic mass is 79.9. The van der Waals surface area contributed by atoms with E-state index in [0.717, 1.165) is 12.1 Å². The van der Waals surface area contributed by atoms with E-state index in [9.17, 15) is 10.1 Å². The fourth-order valence-corrected chi connectivity index (χ4v) is 2.07. The average Bonchev–Trinajstić information content (AvgIpc) is 2.40. The van der Waals surface area contributed by atoms with Crippen molar-refractivity contribution >= 4 is 21.6 Å². The summed E-state index contributed by atoms with van der Waals surface area (Å²) >= 11 is 3.21. The van der Waals surface area contributed by atoms with Gasteiger partial charge in [0.15, 0.2) is 0 Å². The van der Waals surface area contributed by atoms with Crippen LogP contribution < -0.4 is 10.1 Å². The minimum Gasteiger partial charge on any atom is -0.439 e. The molecular weight excluding hydrogens is 326 g/mol. The Hall–Kier alpha value is -1.99. The first-order valence-electron chi connectivity index (χ1n) is 5.81. The van der Waals surface area contributed by atoms with Gasteiger partial charge in [-0.05, 0) is 18.7 Å². The van der Waals surface area contributed by atoms with Crippen LogP contribution in [0, 0.1) is 10.1 Å². The Morgan fingerprint density at radius 1 is 1.40 bits per heavy atom. The van der Waals surface area contributed by atoms with Gasteiger partial charge in [0, 0.05) is 29.3 Å². The lowest BCUT2D eigenvalue weighted by atomic mass is 10.3. The third kappa shape index (κ3) is 3.75. The number of halogens is 1. The number of aromatic nitrogens is 1. The van der Waals surface area contributed by atoms with Crippen LogP contribution in [0.15, 0.2) is 41.0 Å². The van der Waals surface area contributed by atoms with Crippen LogP contribution in [0.25, 0.3) is 0 Å². The molecular formula is C13H12BrN3O3. The van der Waals surface area contributed by atoms with E-state index in [1.54, 1.807) is 18.3 Å². The summed E-state index contributed by atoms with van der Waals surface area (Å²) in [5, 5.41) is 13.8. The van der Waals surface area contributed by atoms with Crippen LogP contribution >= 0.6 is 15.9 Å². The zero-order chi connectivity index (χ0) is 14.5. The molecule has 1 heterocycles. The number of nitro benzene ring substituents is 1. The summed E-state index contributed by atoms with van der Waals surface area (Å²) in [6.07, 6.45) is 1.69. The standard InChI is InChI=1S/C13H12BrN3O3/c1-15-7-9-2-3-13(16-8-9)20-12-5-10(14)4-11(6-12)17(18)19/h2-6,8,15H,7H2,1H3. The summed E-state index contributed by atoms with van der Waals surface area (Å²) in [6.45, 7) is 0.718. The number of ether oxygens (including phenoxy) is 1. The van der Waals surface area contributed by atoms with Gasteiger partial charge in [-0.2, -0.15) is 0 Å². The molecule has 0 fully saturated rings. The molecule has 2 rings (SSSR count). The molecule has 6 nitrogen and oxygen atoms in total. The monoisotopic (exact) mass is 337 g/mol. The van der Waals surface area contributed by atoms with E-state index in [4.69, 9.17) is 4.74 Å². The minimum atomic E-state index is -0.471. The summed E-state index contributed by atoms with van der Waals surface area (Å²) in [5.41, 5.74) is 0.987. The molecule has 0 saturated heterocycles. The van der Waals surface area contributed by atoms with Crippen LogP contribution in [0.3, 0.4) is 0 Å². The average molecular weight is 338 g/mol. The Kier molecular flexibility index (Phi) is 4.65. The summed E-state index contributed by atoms with van der Waals surface area (Å²) in [4.78, 5) is 14.5. The highest BCUT2D eigenvalue weighted by Crippen LogP contribution is 2.28. The number of rotatable bonds is 5. The Labute approximate surface area is 124 Å². The second-order valence-electron chi connectivity index (χ2n) is 4.04.